The minimum Gasteiger partial charge on any atom is -0.355 e. The molecule has 0 aliphatic rings. The first-order chi connectivity index (χ1) is 11.9. The van der Waals surface area contributed by atoms with Crippen LogP contribution in [-0.2, 0) is 0 Å². The van der Waals surface area contributed by atoms with Gasteiger partial charge in [-0.05, 0) is 44.2 Å². The summed E-state index contributed by atoms with van der Waals surface area (Å²) in [6, 6.07) is 11.0. The Morgan fingerprint density at radius 2 is 1.88 bits per heavy atom. The lowest BCUT2D eigenvalue weighted by Crippen LogP contribution is -2.17. The fourth-order valence-electron chi connectivity index (χ4n) is 2.71. The molecule has 0 atom stereocenters. The summed E-state index contributed by atoms with van der Waals surface area (Å²) in [7, 11) is 1.61. The predicted octanol–water partition coefficient (Wildman–Crippen LogP) is 5.03. The van der Waals surface area contributed by atoms with E-state index in [2.05, 4.69) is 29.5 Å². The number of rotatable bonds is 4. The molecule has 1 aromatic heterocycles. The van der Waals surface area contributed by atoms with E-state index in [-0.39, 0.29) is 11.9 Å². The first kappa shape index (κ1) is 17.6. The molecule has 0 aliphatic carbocycles. The zero-order valence-corrected chi connectivity index (χ0v) is 15.6. The third-order valence-electron chi connectivity index (χ3n) is 3.86. The van der Waals surface area contributed by atoms with Crippen LogP contribution in [0.5, 0.6) is 0 Å². The lowest BCUT2D eigenvalue weighted by atomic mass is 10.2. The molecule has 1 heterocycles. The molecule has 5 nitrogen and oxygen atoms in total. The Bertz CT molecular complexity index is 950. The molecule has 0 bridgehead atoms. The van der Waals surface area contributed by atoms with E-state index in [1.807, 2.05) is 22.8 Å². The predicted molar refractivity (Wildman–Crippen MR) is 103 cm³/mol. The van der Waals surface area contributed by atoms with E-state index >= 15 is 0 Å². The van der Waals surface area contributed by atoms with Crippen molar-refractivity contribution >= 4 is 51.8 Å². The lowest BCUT2D eigenvalue weighted by Gasteiger charge is -2.14. The molecule has 130 valence electrons. The SMILES string of the molecule is CNC(=O)c1cccc(Nc2nc3cc(Cl)c(Cl)cc3n2C(C)C)c1. The van der Waals surface area contributed by atoms with Crippen LogP contribution in [0.4, 0.5) is 11.6 Å². The number of nitrogens with zero attached hydrogens (tertiary/aromatic N) is 2. The molecule has 0 unspecified atom stereocenters. The van der Waals surface area contributed by atoms with Crippen LogP contribution >= 0.6 is 23.2 Å². The standard InChI is InChI=1S/C18H18Cl2N4O/c1-10(2)24-16-9-14(20)13(19)8-15(16)23-18(24)22-12-6-4-5-11(7-12)17(25)21-3/h4-10H,1-3H3,(H,21,25)(H,22,23). The molecule has 3 rings (SSSR count). The Labute approximate surface area is 156 Å². The number of anilines is 2. The molecule has 2 N–H and O–H groups in total. The lowest BCUT2D eigenvalue weighted by molar-refractivity contribution is 0.0963. The van der Waals surface area contributed by atoms with Gasteiger partial charge in [-0.2, -0.15) is 0 Å². The molecule has 25 heavy (non-hydrogen) atoms. The van der Waals surface area contributed by atoms with Gasteiger partial charge in [0.1, 0.15) is 0 Å². The van der Waals surface area contributed by atoms with E-state index in [1.165, 1.54) is 0 Å². The van der Waals surface area contributed by atoms with Gasteiger partial charge in [-0.1, -0.05) is 29.3 Å². The third kappa shape index (κ3) is 3.43. The van der Waals surface area contributed by atoms with E-state index in [9.17, 15) is 4.79 Å². The Morgan fingerprint density at radius 1 is 1.16 bits per heavy atom. The van der Waals surface area contributed by atoms with Gasteiger partial charge in [-0.25, -0.2) is 4.98 Å². The number of halogens is 2. The van der Waals surface area contributed by atoms with Crippen LogP contribution in [0, 0.1) is 0 Å². The van der Waals surface area contributed by atoms with Crippen molar-refractivity contribution in [2.24, 2.45) is 0 Å². The minimum atomic E-state index is -0.139. The molecule has 0 aliphatic heterocycles. The Morgan fingerprint density at radius 3 is 2.56 bits per heavy atom. The van der Waals surface area contributed by atoms with Gasteiger partial charge < -0.3 is 15.2 Å². The summed E-state index contributed by atoms with van der Waals surface area (Å²) >= 11 is 12.3. The van der Waals surface area contributed by atoms with E-state index in [0.29, 0.717) is 21.6 Å². The second-order valence-corrected chi connectivity index (χ2v) is 6.75. The second kappa shape index (κ2) is 6.94. The molecule has 3 aromatic rings. The number of hydrogen-bond acceptors (Lipinski definition) is 3. The molecule has 0 saturated carbocycles. The van der Waals surface area contributed by atoms with Gasteiger partial charge in [0.15, 0.2) is 0 Å². The monoisotopic (exact) mass is 376 g/mol. The second-order valence-electron chi connectivity index (χ2n) is 5.94. The van der Waals surface area contributed by atoms with Crippen molar-refractivity contribution in [3.05, 3.63) is 52.0 Å². The van der Waals surface area contributed by atoms with Gasteiger partial charge in [0, 0.05) is 24.3 Å². The maximum absolute atomic E-state index is 11.8. The minimum absolute atomic E-state index is 0.139. The molecule has 7 heteroatoms. The van der Waals surface area contributed by atoms with Crippen LogP contribution in [0.25, 0.3) is 11.0 Å². The zero-order valence-electron chi connectivity index (χ0n) is 14.1. The number of hydrogen-bond donors (Lipinski definition) is 2. The first-order valence-corrected chi connectivity index (χ1v) is 8.62. The van der Waals surface area contributed by atoms with Gasteiger partial charge in [0.2, 0.25) is 5.95 Å². The fraction of sp³-hybridized carbons (Fsp3) is 0.222. The maximum Gasteiger partial charge on any atom is 0.251 e. The number of amides is 1. The van der Waals surface area contributed by atoms with Crippen molar-refractivity contribution in [1.82, 2.24) is 14.9 Å². The van der Waals surface area contributed by atoms with E-state index < -0.39 is 0 Å². The zero-order chi connectivity index (χ0) is 18.1. The Kier molecular flexibility index (Phi) is 4.88. The van der Waals surface area contributed by atoms with Crippen LogP contribution in [0.2, 0.25) is 10.0 Å². The average molecular weight is 377 g/mol. The molecule has 0 radical (unpaired) electrons. The number of fused-ring (bicyclic) bond motifs is 1. The van der Waals surface area contributed by atoms with E-state index in [0.717, 1.165) is 16.7 Å². The van der Waals surface area contributed by atoms with E-state index in [4.69, 9.17) is 23.2 Å². The Balaban J connectivity index is 2.07. The molecule has 1 amide bonds. The fourth-order valence-corrected chi connectivity index (χ4v) is 3.03. The summed E-state index contributed by atoms with van der Waals surface area (Å²) in [6.45, 7) is 4.13. The number of aromatic nitrogens is 2. The average Bonchev–Trinajstić information content (AvgIpc) is 2.91. The molecule has 0 fully saturated rings. The quantitative estimate of drug-likeness (QED) is 0.671. The maximum atomic E-state index is 11.8. The third-order valence-corrected chi connectivity index (χ3v) is 4.58. The van der Waals surface area contributed by atoms with Crippen LogP contribution < -0.4 is 10.6 Å². The van der Waals surface area contributed by atoms with Gasteiger partial charge in [-0.15, -0.1) is 0 Å². The number of carbonyl (C=O) groups excluding carboxylic acids is 1. The highest BCUT2D eigenvalue weighted by molar-refractivity contribution is 6.42. The van der Waals surface area contributed by atoms with Crippen LogP contribution in [0.1, 0.15) is 30.2 Å². The summed E-state index contributed by atoms with van der Waals surface area (Å²) in [4.78, 5) is 16.5. The largest absolute Gasteiger partial charge is 0.355 e. The topological polar surface area (TPSA) is 59.0 Å². The van der Waals surface area contributed by atoms with Crippen molar-refractivity contribution in [3.8, 4) is 0 Å². The number of benzene rings is 2. The highest BCUT2D eigenvalue weighted by Gasteiger charge is 2.16. The molecular formula is C18H18Cl2N4O. The van der Waals surface area contributed by atoms with Gasteiger partial charge >= 0.3 is 0 Å². The Hall–Kier alpha value is -2.24. The van der Waals surface area contributed by atoms with Crippen LogP contribution in [0.3, 0.4) is 0 Å². The van der Waals surface area contributed by atoms with Crippen LogP contribution in [0.15, 0.2) is 36.4 Å². The van der Waals surface area contributed by atoms with Crippen molar-refractivity contribution in [2.45, 2.75) is 19.9 Å². The van der Waals surface area contributed by atoms with Crippen molar-refractivity contribution in [1.29, 1.82) is 0 Å². The van der Waals surface area contributed by atoms with Gasteiger partial charge in [0.25, 0.3) is 5.91 Å². The van der Waals surface area contributed by atoms with Crippen molar-refractivity contribution in [2.75, 3.05) is 12.4 Å². The van der Waals surface area contributed by atoms with Gasteiger partial charge in [0.05, 0.1) is 21.1 Å². The molecular weight excluding hydrogens is 359 g/mol. The summed E-state index contributed by atoms with van der Waals surface area (Å²) in [6.07, 6.45) is 0. The summed E-state index contributed by atoms with van der Waals surface area (Å²) in [5, 5.41) is 6.86. The first-order valence-electron chi connectivity index (χ1n) is 7.87. The summed E-state index contributed by atoms with van der Waals surface area (Å²) in [5.41, 5.74) is 3.00. The molecule has 0 saturated heterocycles. The number of nitrogens with one attached hydrogen (secondary N) is 2. The summed E-state index contributed by atoms with van der Waals surface area (Å²) < 4.78 is 2.05. The normalized spacial score (nSPS) is 11.1. The number of carbonyl (C=O) groups is 1. The highest BCUT2D eigenvalue weighted by Crippen LogP contribution is 2.32. The number of imidazole rings is 1. The van der Waals surface area contributed by atoms with Crippen molar-refractivity contribution < 1.29 is 4.79 Å². The van der Waals surface area contributed by atoms with E-state index in [1.54, 1.807) is 25.2 Å². The smallest absolute Gasteiger partial charge is 0.251 e. The summed E-state index contributed by atoms with van der Waals surface area (Å²) in [5.74, 6) is 0.525. The molecule has 2 aromatic carbocycles. The van der Waals surface area contributed by atoms with Gasteiger partial charge in [-0.3, -0.25) is 4.79 Å². The molecule has 0 spiro atoms. The van der Waals surface area contributed by atoms with Crippen LogP contribution in [-0.4, -0.2) is 22.5 Å². The van der Waals surface area contributed by atoms with Crippen molar-refractivity contribution in [3.63, 3.8) is 0 Å². The highest BCUT2D eigenvalue weighted by atomic mass is 35.5.